The first-order chi connectivity index (χ1) is 13.8. The number of furan rings is 1. The van der Waals surface area contributed by atoms with Crippen molar-refractivity contribution in [1.29, 1.82) is 0 Å². The SMILES string of the molecule is NCC1(c2cccc(-c3ccco3)c2)CCN(c2ncnc3[nH]ccc23)CC1. The Kier molecular flexibility index (Phi) is 4.13. The van der Waals surface area contributed by atoms with Crippen LogP contribution in [0.3, 0.4) is 0 Å². The lowest BCUT2D eigenvalue weighted by atomic mass is 9.72. The number of nitrogens with two attached hydrogens (primary N) is 1. The quantitative estimate of drug-likeness (QED) is 0.570. The Hall–Kier alpha value is -3.12. The van der Waals surface area contributed by atoms with Crippen molar-refractivity contribution >= 4 is 16.9 Å². The molecular weight excluding hydrogens is 350 g/mol. The van der Waals surface area contributed by atoms with Gasteiger partial charge in [0.15, 0.2) is 0 Å². The van der Waals surface area contributed by atoms with Crippen LogP contribution in [0.5, 0.6) is 0 Å². The Labute approximate surface area is 163 Å². The monoisotopic (exact) mass is 373 g/mol. The number of aromatic amines is 1. The van der Waals surface area contributed by atoms with Crippen LogP contribution in [-0.2, 0) is 5.41 Å². The summed E-state index contributed by atoms with van der Waals surface area (Å²) in [6.07, 6.45) is 7.23. The number of piperidine rings is 1. The number of aromatic nitrogens is 3. The predicted molar refractivity (Wildman–Crippen MR) is 110 cm³/mol. The number of hydrogen-bond acceptors (Lipinski definition) is 5. The molecule has 0 spiro atoms. The van der Waals surface area contributed by atoms with Crippen LogP contribution in [0.25, 0.3) is 22.4 Å². The van der Waals surface area contributed by atoms with Gasteiger partial charge in [-0.25, -0.2) is 9.97 Å². The van der Waals surface area contributed by atoms with E-state index in [0.29, 0.717) is 6.54 Å². The zero-order chi connectivity index (χ0) is 19.0. The fourth-order valence-electron chi connectivity index (χ4n) is 4.31. The van der Waals surface area contributed by atoms with Gasteiger partial charge in [-0.3, -0.25) is 0 Å². The Morgan fingerprint density at radius 3 is 2.79 bits per heavy atom. The molecule has 4 heterocycles. The van der Waals surface area contributed by atoms with Crippen molar-refractivity contribution in [3.8, 4) is 11.3 Å². The Balaban J connectivity index is 1.42. The van der Waals surface area contributed by atoms with Gasteiger partial charge in [0.25, 0.3) is 0 Å². The highest BCUT2D eigenvalue weighted by Crippen LogP contribution is 2.38. The number of anilines is 1. The number of H-pyrrole nitrogens is 1. The molecule has 0 atom stereocenters. The first-order valence-electron chi connectivity index (χ1n) is 9.67. The topological polar surface area (TPSA) is 84.0 Å². The first-order valence-corrected chi connectivity index (χ1v) is 9.67. The molecule has 0 saturated carbocycles. The van der Waals surface area contributed by atoms with E-state index in [2.05, 4.69) is 44.1 Å². The molecule has 0 amide bonds. The van der Waals surface area contributed by atoms with Crippen LogP contribution in [-0.4, -0.2) is 34.6 Å². The molecule has 0 unspecified atom stereocenters. The largest absolute Gasteiger partial charge is 0.464 e. The third-order valence-electron chi connectivity index (χ3n) is 6.02. The molecule has 0 bridgehead atoms. The second-order valence-corrected chi connectivity index (χ2v) is 7.47. The number of rotatable bonds is 4. The second kappa shape index (κ2) is 6.80. The van der Waals surface area contributed by atoms with Crippen molar-refractivity contribution in [2.24, 2.45) is 5.73 Å². The molecule has 4 aromatic rings. The Morgan fingerprint density at radius 2 is 2.00 bits per heavy atom. The third kappa shape index (κ3) is 2.77. The van der Waals surface area contributed by atoms with E-state index in [1.807, 2.05) is 24.4 Å². The van der Waals surface area contributed by atoms with Gasteiger partial charge in [0.05, 0.1) is 11.6 Å². The van der Waals surface area contributed by atoms with Crippen LogP contribution in [0, 0.1) is 0 Å². The highest BCUT2D eigenvalue weighted by atomic mass is 16.3. The van der Waals surface area contributed by atoms with Gasteiger partial charge in [0.1, 0.15) is 23.6 Å². The maximum atomic E-state index is 6.32. The van der Waals surface area contributed by atoms with Gasteiger partial charge in [-0.1, -0.05) is 18.2 Å². The number of benzene rings is 1. The summed E-state index contributed by atoms with van der Waals surface area (Å²) < 4.78 is 5.58. The van der Waals surface area contributed by atoms with Crippen LogP contribution in [0.4, 0.5) is 5.82 Å². The zero-order valence-corrected chi connectivity index (χ0v) is 15.6. The molecule has 1 aromatic carbocycles. The second-order valence-electron chi connectivity index (χ2n) is 7.47. The predicted octanol–water partition coefficient (Wildman–Crippen LogP) is 3.71. The molecule has 1 aliphatic rings. The van der Waals surface area contributed by atoms with E-state index in [9.17, 15) is 0 Å². The molecule has 3 aromatic heterocycles. The molecule has 0 radical (unpaired) electrons. The number of hydrogen-bond donors (Lipinski definition) is 2. The van der Waals surface area contributed by atoms with Crippen LogP contribution in [0.15, 0.2) is 65.7 Å². The molecule has 142 valence electrons. The maximum absolute atomic E-state index is 6.32. The van der Waals surface area contributed by atoms with Gasteiger partial charge in [-0.05, 0) is 42.7 Å². The van der Waals surface area contributed by atoms with Crippen LogP contribution in [0.1, 0.15) is 18.4 Å². The molecule has 5 rings (SSSR count). The lowest BCUT2D eigenvalue weighted by Gasteiger charge is -2.42. The van der Waals surface area contributed by atoms with Gasteiger partial charge in [-0.15, -0.1) is 0 Å². The average Bonchev–Trinajstić information content (AvgIpc) is 3.46. The molecule has 1 aliphatic heterocycles. The average molecular weight is 373 g/mol. The molecule has 1 fully saturated rings. The molecule has 6 nitrogen and oxygen atoms in total. The van der Waals surface area contributed by atoms with Gasteiger partial charge >= 0.3 is 0 Å². The minimum Gasteiger partial charge on any atom is -0.464 e. The Bertz CT molecular complexity index is 1080. The van der Waals surface area contributed by atoms with Crippen LogP contribution >= 0.6 is 0 Å². The van der Waals surface area contributed by atoms with E-state index in [4.69, 9.17) is 10.2 Å². The van der Waals surface area contributed by atoms with Gasteiger partial charge in [0.2, 0.25) is 0 Å². The van der Waals surface area contributed by atoms with E-state index < -0.39 is 0 Å². The van der Waals surface area contributed by atoms with Crippen molar-refractivity contribution < 1.29 is 4.42 Å². The van der Waals surface area contributed by atoms with Gasteiger partial charge < -0.3 is 20.0 Å². The fraction of sp³-hybridized carbons (Fsp3) is 0.273. The number of fused-ring (bicyclic) bond motifs is 1. The summed E-state index contributed by atoms with van der Waals surface area (Å²) in [5, 5.41) is 1.07. The summed E-state index contributed by atoms with van der Waals surface area (Å²) in [6, 6.07) is 14.6. The molecule has 1 saturated heterocycles. The summed E-state index contributed by atoms with van der Waals surface area (Å²) in [4.78, 5) is 14.4. The summed E-state index contributed by atoms with van der Waals surface area (Å²) in [6.45, 7) is 2.46. The minimum atomic E-state index is -0.0244. The van der Waals surface area contributed by atoms with E-state index >= 15 is 0 Å². The molecule has 0 aliphatic carbocycles. The normalized spacial score (nSPS) is 16.5. The Morgan fingerprint density at radius 1 is 1.11 bits per heavy atom. The van der Waals surface area contributed by atoms with Gasteiger partial charge in [-0.2, -0.15) is 0 Å². The third-order valence-corrected chi connectivity index (χ3v) is 6.02. The van der Waals surface area contributed by atoms with Crippen molar-refractivity contribution in [3.63, 3.8) is 0 Å². The van der Waals surface area contributed by atoms with Crippen molar-refractivity contribution in [2.75, 3.05) is 24.5 Å². The van der Waals surface area contributed by atoms with E-state index in [-0.39, 0.29) is 5.41 Å². The van der Waals surface area contributed by atoms with E-state index in [1.165, 1.54) is 5.56 Å². The van der Waals surface area contributed by atoms with E-state index in [0.717, 1.165) is 54.1 Å². The summed E-state index contributed by atoms with van der Waals surface area (Å²) >= 11 is 0. The molecular formula is C22H23N5O. The van der Waals surface area contributed by atoms with Crippen molar-refractivity contribution in [3.05, 3.63) is 66.8 Å². The smallest absolute Gasteiger partial charge is 0.142 e. The van der Waals surface area contributed by atoms with E-state index in [1.54, 1.807) is 12.6 Å². The fourth-order valence-corrected chi connectivity index (χ4v) is 4.31. The van der Waals surface area contributed by atoms with Crippen LogP contribution < -0.4 is 10.6 Å². The lowest BCUT2D eigenvalue weighted by molar-refractivity contribution is 0.339. The van der Waals surface area contributed by atoms with Crippen LogP contribution in [0.2, 0.25) is 0 Å². The summed E-state index contributed by atoms with van der Waals surface area (Å²) in [5.41, 5.74) is 9.57. The number of nitrogens with one attached hydrogen (secondary N) is 1. The first kappa shape index (κ1) is 17.0. The lowest BCUT2D eigenvalue weighted by Crippen LogP contribution is -2.47. The van der Waals surface area contributed by atoms with Crippen molar-refractivity contribution in [2.45, 2.75) is 18.3 Å². The highest BCUT2D eigenvalue weighted by molar-refractivity contribution is 5.87. The molecule has 28 heavy (non-hydrogen) atoms. The summed E-state index contributed by atoms with van der Waals surface area (Å²) in [7, 11) is 0. The summed E-state index contributed by atoms with van der Waals surface area (Å²) in [5.74, 6) is 1.89. The zero-order valence-electron chi connectivity index (χ0n) is 15.6. The maximum Gasteiger partial charge on any atom is 0.142 e. The van der Waals surface area contributed by atoms with Gasteiger partial charge in [0, 0.05) is 36.8 Å². The highest BCUT2D eigenvalue weighted by Gasteiger charge is 2.36. The standard InChI is InChI=1S/C22H23N5O/c23-14-22(17-4-1-3-16(13-17)19-5-2-12-28-19)7-10-27(11-8-22)21-18-6-9-24-20(18)25-15-26-21/h1-6,9,12-13,15H,7-8,10-11,14,23H2,(H,24,25,26). The minimum absolute atomic E-state index is 0.0244. The van der Waals surface area contributed by atoms with Crippen molar-refractivity contribution in [1.82, 2.24) is 15.0 Å². The molecule has 6 heteroatoms. The number of nitrogens with zero attached hydrogens (tertiary/aromatic N) is 3. The molecule has 3 N–H and O–H groups in total.